The average molecular weight is 631 g/mol. The van der Waals surface area contributed by atoms with Gasteiger partial charge in [0.15, 0.2) is 0 Å². The number of fused-ring (bicyclic) bond motifs is 3. The van der Waals surface area contributed by atoms with Crippen LogP contribution in [0.3, 0.4) is 0 Å². The summed E-state index contributed by atoms with van der Waals surface area (Å²) in [6.07, 6.45) is 1.98. The van der Waals surface area contributed by atoms with Gasteiger partial charge < -0.3 is 10.2 Å². The number of rotatable bonds is 8. The lowest BCUT2D eigenvalue weighted by Crippen LogP contribution is -2.04. The standard InChI is InChI=1S/C46H34N2O/c47-43(30-44(48-31-32-12-4-1-5-13-32)37-24-25-42-41-18-10-11-19-45(41)49-46(42)29-37)36-22-20-35(21-23-36)40-27-38(33-14-6-2-7-15-33)26-39(28-40)34-16-8-3-9-17-34/h1-30H,31,47H2/b43-30-,48-44?. The fourth-order valence-corrected chi connectivity index (χ4v) is 6.34. The van der Waals surface area contributed by atoms with Crippen molar-refractivity contribution >= 4 is 33.3 Å². The van der Waals surface area contributed by atoms with Crippen LogP contribution in [0.15, 0.2) is 191 Å². The number of aliphatic imine (C=N–C) groups is 1. The first-order chi connectivity index (χ1) is 24.2. The molecule has 0 bridgehead atoms. The van der Waals surface area contributed by atoms with Gasteiger partial charge in [-0.25, -0.2) is 0 Å². The fourth-order valence-electron chi connectivity index (χ4n) is 6.34. The number of nitrogens with zero attached hydrogens (tertiary/aromatic N) is 1. The molecule has 0 aliphatic rings. The summed E-state index contributed by atoms with van der Waals surface area (Å²) in [6.45, 7) is 0.540. The Bertz CT molecular complexity index is 2380. The van der Waals surface area contributed by atoms with Crippen LogP contribution in [0.1, 0.15) is 16.7 Å². The van der Waals surface area contributed by atoms with Crippen LogP contribution in [-0.2, 0) is 6.54 Å². The van der Waals surface area contributed by atoms with Gasteiger partial charge in [0.05, 0.1) is 12.3 Å². The third kappa shape index (κ3) is 6.43. The number of hydrogen-bond acceptors (Lipinski definition) is 3. The molecule has 8 rings (SSSR count). The molecular weight excluding hydrogens is 597 g/mol. The molecule has 234 valence electrons. The highest BCUT2D eigenvalue weighted by molar-refractivity contribution is 6.15. The Kier molecular flexibility index (Phi) is 8.15. The van der Waals surface area contributed by atoms with E-state index >= 15 is 0 Å². The molecular formula is C46H34N2O. The minimum Gasteiger partial charge on any atom is -0.456 e. The number of benzene rings is 7. The van der Waals surface area contributed by atoms with Crippen molar-refractivity contribution in [3.05, 3.63) is 199 Å². The number of nitrogens with two attached hydrogens (primary N) is 1. The summed E-state index contributed by atoms with van der Waals surface area (Å²) < 4.78 is 6.22. The number of para-hydroxylation sites is 1. The summed E-state index contributed by atoms with van der Waals surface area (Å²) in [5.74, 6) is 0. The van der Waals surface area contributed by atoms with Crippen molar-refractivity contribution in [2.45, 2.75) is 6.54 Å². The summed E-state index contributed by atoms with van der Waals surface area (Å²) in [5.41, 5.74) is 20.0. The Morgan fingerprint density at radius 2 is 0.980 bits per heavy atom. The van der Waals surface area contributed by atoms with E-state index in [4.69, 9.17) is 15.1 Å². The van der Waals surface area contributed by atoms with Gasteiger partial charge in [0.1, 0.15) is 11.2 Å². The Morgan fingerprint density at radius 3 is 1.61 bits per heavy atom. The molecule has 3 nitrogen and oxygen atoms in total. The van der Waals surface area contributed by atoms with E-state index < -0.39 is 0 Å². The Balaban J connectivity index is 1.15. The second-order valence-electron chi connectivity index (χ2n) is 12.2. The number of allylic oxidation sites excluding steroid dienone is 1. The van der Waals surface area contributed by atoms with Crippen LogP contribution in [-0.4, -0.2) is 5.71 Å². The molecule has 8 aromatic rings. The van der Waals surface area contributed by atoms with E-state index in [-0.39, 0.29) is 0 Å². The quantitative estimate of drug-likeness (QED) is 0.170. The highest BCUT2D eigenvalue weighted by atomic mass is 16.3. The number of hydrogen-bond donors (Lipinski definition) is 1. The van der Waals surface area contributed by atoms with E-state index in [1.165, 1.54) is 22.3 Å². The van der Waals surface area contributed by atoms with Crippen LogP contribution < -0.4 is 5.73 Å². The Morgan fingerprint density at radius 1 is 0.469 bits per heavy atom. The van der Waals surface area contributed by atoms with Crippen molar-refractivity contribution in [3.8, 4) is 33.4 Å². The molecule has 0 saturated carbocycles. The maximum absolute atomic E-state index is 6.82. The van der Waals surface area contributed by atoms with Crippen LogP contribution in [0.5, 0.6) is 0 Å². The first-order valence-electron chi connectivity index (χ1n) is 16.5. The zero-order valence-electron chi connectivity index (χ0n) is 27.0. The van der Waals surface area contributed by atoms with Crippen molar-refractivity contribution in [3.63, 3.8) is 0 Å². The zero-order chi connectivity index (χ0) is 33.0. The molecule has 0 aliphatic carbocycles. The predicted octanol–water partition coefficient (Wildman–Crippen LogP) is 11.6. The monoisotopic (exact) mass is 630 g/mol. The molecule has 0 spiro atoms. The third-order valence-corrected chi connectivity index (χ3v) is 8.94. The summed E-state index contributed by atoms with van der Waals surface area (Å²) in [6, 6.07) is 61.0. The van der Waals surface area contributed by atoms with Crippen LogP contribution in [0.2, 0.25) is 0 Å². The molecule has 1 aromatic heterocycles. The van der Waals surface area contributed by atoms with Crippen molar-refractivity contribution in [1.29, 1.82) is 0 Å². The molecule has 0 unspecified atom stereocenters. The largest absolute Gasteiger partial charge is 0.456 e. The predicted molar refractivity (Wildman–Crippen MR) is 205 cm³/mol. The molecule has 0 saturated heterocycles. The summed E-state index contributed by atoms with van der Waals surface area (Å²) in [7, 11) is 0. The summed E-state index contributed by atoms with van der Waals surface area (Å²) in [5, 5.41) is 2.19. The lowest BCUT2D eigenvalue weighted by atomic mass is 9.93. The van der Waals surface area contributed by atoms with E-state index in [0.29, 0.717) is 12.2 Å². The minimum absolute atomic E-state index is 0.540. The Labute approximate surface area is 286 Å². The van der Waals surface area contributed by atoms with Gasteiger partial charge in [0.25, 0.3) is 0 Å². The molecule has 0 radical (unpaired) electrons. The van der Waals surface area contributed by atoms with Gasteiger partial charge >= 0.3 is 0 Å². The minimum atomic E-state index is 0.540. The highest BCUT2D eigenvalue weighted by Crippen LogP contribution is 2.34. The lowest BCUT2D eigenvalue weighted by molar-refractivity contribution is 0.669. The molecule has 1 heterocycles. The van der Waals surface area contributed by atoms with Crippen molar-refractivity contribution in [1.82, 2.24) is 0 Å². The average Bonchev–Trinajstić information content (AvgIpc) is 3.55. The molecule has 0 amide bonds. The van der Waals surface area contributed by atoms with Crippen molar-refractivity contribution in [2.24, 2.45) is 10.7 Å². The smallest absolute Gasteiger partial charge is 0.136 e. The highest BCUT2D eigenvalue weighted by Gasteiger charge is 2.12. The summed E-state index contributed by atoms with van der Waals surface area (Å²) >= 11 is 0. The zero-order valence-corrected chi connectivity index (χ0v) is 27.0. The van der Waals surface area contributed by atoms with E-state index in [9.17, 15) is 0 Å². The maximum atomic E-state index is 6.82. The van der Waals surface area contributed by atoms with Gasteiger partial charge in [0.2, 0.25) is 0 Å². The molecule has 3 heteroatoms. The van der Waals surface area contributed by atoms with Crippen molar-refractivity contribution in [2.75, 3.05) is 0 Å². The van der Waals surface area contributed by atoms with Crippen molar-refractivity contribution < 1.29 is 4.42 Å². The first kappa shape index (κ1) is 29.9. The normalized spacial score (nSPS) is 12.1. The van der Waals surface area contributed by atoms with Gasteiger partial charge in [-0.1, -0.05) is 140 Å². The van der Waals surface area contributed by atoms with Gasteiger partial charge in [0, 0.05) is 22.0 Å². The van der Waals surface area contributed by atoms with Gasteiger partial charge in [-0.15, -0.1) is 0 Å². The Hall–Kier alpha value is -6.45. The SMILES string of the molecule is N/C(=C\C(=NCc1ccccc1)c1ccc2c(c1)oc1ccccc12)c1ccc(-c2cc(-c3ccccc3)cc(-c3ccccc3)c2)cc1. The molecule has 0 atom stereocenters. The lowest BCUT2D eigenvalue weighted by Gasteiger charge is -2.12. The molecule has 0 aliphatic heterocycles. The molecule has 49 heavy (non-hydrogen) atoms. The van der Waals surface area contributed by atoms with Gasteiger partial charge in [-0.2, -0.15) is 0 Å². The second kappa shape index (κ2) is 13.3. The van der Waals surface area contributed by atoms with Gasteiger partial charge in [-0.05, 0) is 87.0 Å². The maximum Gasteiger partial charge on any atom is 0.136 e. The van der Waals surface area contributed by atoms with E-state index in [0.717, 1.165) is 55.5 Å². The molecule has 0 fully saturated rings. The first-order valence-corrected chi connectivity index (χ1v) is 16.5. The van der Waals surface area contributed by atoms with Crippen LogP contribution in [0.4, 0.5) is 0 Å². The molecule has 2 N–H and O–H groups in total. The second-order valence-corrected chi connectivity index (χ2v) is 12.2. The number of furan rings is 1. The van der Waals surface area contributed by atoms with E-state index in [2.05, 4.69) is 140 Å². The van der Waals surface area contributed by atoms with Crippen LogP contribution >= 0.6 is 0 Å². The fraction of sp³-hybridized carbons (Fsp3) is 0.0217. The summed E-state index contributed by atoms with van der Waals surface area (Å²) in [4.78, 5) is 5.05. The van der Waals surface area contributed by atoms with Crippen LogP contribution in [0.25, 0.3) is 61.0 Å². The van der Waals surface area contributed by atoms with E-state index in [1.54, 1.807) is 0 Å². The van der Waals surface area contributed by atoms with E-state index in [1.807, 2.05) is 42.5 Å². The van der Waals surface area contributed by atoms with Crippen LogP contribution in [0, 0.1) is 0 Å². The third-order valence-electron chi connectivity index (χ3n) is 8.94. The van der Waals surface area contributed by atoms with Gasteiger partial charge in [-0.3, -0.25) is 4.99 Å². The molecule has 7 aromatic carbocycles. The topological polar surface area (TPSA) is 51.5 Å².